The molecule has 24 heavy (non-hydrogen) atoms. The highest BCUT2D eigenvalue weighted by Gasteiger charge is 2.11. The van der Waals surface area contributed by atoms with Crippen molar-refractivity contribution < 1.29 is 24.2 Å². The van der Waals surface area contributed by atoms with Gasteiger partial charge >= 0.3 is 0 Å². The Kier molecular flexibility index (Phi) is 5.54. The number of amides is 1. The summed E-state index contributed by atoms with van der Waals surface area (Å²) in [7, 11) is 2.99. The van der Waals surface area contributed by atoms with Crippen LogP contribution in [0.1, 0.15) is 31.8 Å². The molecule has 1 amide bonds. The van der Waals surface area contributed by atoms with Gasteiger partial charge in [-0.05, 0) is 37.3 Å². The summed E-state index contributed by atoms with van der Waals surface area (Å²) in [4.78, 5) is 23.6. The van der Waals surface area contributed by atoms with Gasteiger partial charge in [-0.25, -0.2) is 5.43 Å². The second kappa shape index (κ2) is 7.60. The van der Waals surface area contributed by atoms with Crippen LogP contribution in [-0.2, 0) is 0 Å². The molecular weight excluding hydrogens is 332 g/mol. The minimum absolute atomic E-state index is 0.103. The molecule has 0 saturated carbocycles. The summed E-state index contributed by atoms with van der Waals surface area (Å²) in [5.41, 5.74) is 3.26. The van der Waals surface area contributed by atoms with Crippen LogP contribution in [0.25, 0.3) is 0 Å². The fourth-order valence-corrected chi connectivity index (χ4v) is 2.66. The number of hydrogen-bond donors (Lipinski definition) is 1. The Morgan fingerprint density at radius 2 is 1.75 bits per heavy atom. The van der Waals surface area contributed by atoms with Gasteiger partial charge in [-0.1, -0.05) is 0 Å². The Morgan fingerprint density at radius 1 is 1.08 bits per heavy atom. The minimum atomic E-state index is -1.24. The zero-order chi connectivity index (χ0) is 17.7. The van der Waals surface area contributed by atoms with Crippen molar-refractivity contribution in [1.82, 2.24) is 5.43 Å². The number of ether oxygens (including phenoxy) is 2. The number of hydrogen-bond acceptors (Lipinski definition) is 7. The van der Waals surface area contributed by atoms with Gasteiger partial charge in [0, 0.05) is 5.56 Å². The van der Waals surface area contributed by atoms with Crippen molar-refractivity contribution in [1.29, 1.82) is 0 Å². The summed E-state index contributed by atoms with van der Waals surface area (Å²) >= 11 is 1.03. The van der Waals surface area contributed by atoms with Crippen molar-refractivity contribution in [2.24, 2.45) is 5.10 Å². The van der Waals surface area contributed by atoms with Crippen LogP contribution in [0.5, 0.6) is 11.5 Å². The number of carbonyl (C=O) groups is 2. The van der Waals surface area contributed by atoms with Crippen LogP contribution in [0.2, 0.25) is 0 Å². The molecule has 0 spiro atoms. The molecule has 0 aliphatic rings. The maximum absolute atomic E-state index is 12.1. The van der Waals surface area contributed by atoms with Crippen LogP contribution < -0.4 is 20.0 Å². The summed E-state index contributed by atoms with van der Waals surface area (Å²) < 4.78 is 10.3. The van der Waals surface area contributed by atoms with Crippen molar-refractivity contribution >= 4 is 28.9 Å². The zero-order valence-electron chi connectivity index (χ0n) is 13.3. The Hall–Kier alpha value is -2.87. The largest absolute Gasteiger partial charge is 0.544 e. The first-order chi connectivity index (χ1) is 11.5. The quantitative estimate of drug-likeness (QED) is 0.627. The smallest absolute Gasteiger partial charge is 0.271 e. The van der Waals surface area contributed by atoms with E-state index in [9.17, 15) is 14.7 Å². The van der Waals surface area contributed by atoms with Crippen LogP contribution >= 0.6 is 11.3 Å². The molecule has 1 heterocycles. The number of carbonyl (C=O) groups excluding carboxylic acids is 2. The fraction of sp³-hybridized carbons (Fsp3) is 0.188. The molecule has 1 aromatic heterocycles. The van der Waals surface area contributed by atoms with E-state index in [0.29, 0.717) is 27.7 Å². The van der Waals surface area contributed by atoms with E-state index >= 15 is 0 Å². The molecule has 0 saturated heterocycles. The number of hydrazone groups is 1. The van der Waals surface area contributed by atoms with Crippen molar-refractivity contribution in [2.75, 3.05) is 14.2 Å². The first kappa shape index (κ1) is 17.5. The molecule has 0 bridgehead atoms. The molecule has 0 radical (unpaired) electrons. The van der Waals surface area contributed by atoms with Gasteiger partial charge in [-0.3, -0.25) is 4.79 Å². The van der Waals surface area contributed by atoms with E-state index in [1.807, 2.05) is 0 Å². The highest BCUT2D eigenvalue weighted by Crippen LogP contribution is 2.27. The molecule has 0 atom stereocenters. The molecule has 0 aliphatic carbocycles. The maximum Gasteiger partial charge on any atom is 0.271 e. The number of rotatable bonds is 6. The van der Waals surface area contributed by atoms with Crippen LogP contribution in [0, 0.1) is 0 Å². The third-order valence-electron chi connectivity index (χ3n) is 3.13. The summed E-state index contributed by atoms with van der Waals surface area (Å²) in [6, 6.07) is 7.79. The average molecular weight is 347 g/mol. The zero-order valence-corrected chi connectivity index (χ0v) is 14.1. The normalized spacial score (nSPS) is 11.0. The van der Waals surface area contributed by atoms with E-state index in [1.165, 1.54) is 20.3 Å². The minimum Gasteiger partial charge on any atom is -0.544 e. The molecular formula is C16H15N2O5S-. The summed E-state index contributed by atoms with van der Waals surface area (Å²) in [6.07, 6.45) is 0. The van der Waals surface area contributed by atoms with Gasteiger partial charge in [0.05, 0.1) is 35.7 Å². The molecule has 1 aromatic carbocycles. The highest BCUT2D eigenvalue weighted by atomic mass is 32.1. The molecule has 2 aromatic rings. The Bertz CT molecular complexity index is 798. The predicted molar refractivity (Wildman–Crippen MR) is 87.9 cm³/mol. The number of thiophene rings is 1. The molecule has 0 aliphatic heterocycles. The lowest BCUT2D eigenvalue weighted by Crippen LogP contribution is -2.20. The topological polar surface area (TPSA) is 100 Å². The monoisotopic (exact) mass is 347 g/mol. The lowest BCUT2D eigenvalue weighted by Gasteiger charge is -2.08. The van der Waals surface area contributed by atoms with E-state index in [1.54, 1.807) is 31.2 Å². The Labute approximate surface area is 142 Å². The SMILES string of the molecule is COc1ccc(C(=O)N/N=C(/C)c2ccc(C(=O)[O-])s2)cc1OC. The molecule has 1 N–H and O–H groups in total. The van der Waals surface area contributed by atoms with E-state index in [-0.39, 0.29) is 4.88 Å². The van der Waals surface area contributed by atoms with Gasteiger partial charge in [0.25, 0.3) is 5.91 Å². The first-order valence-electron chi connectivity index (χ1n) is 6.84. The van der Waals surface area contributed by atoms with E-state index in [4.69, 9.17) is 9.47 Å². The molecule has 2 rings (SSSR count). The number of aromatic carboxylic acids is 1. The van der Waals surface area contributed by atoms with Crippen LogP contribution in [0.15, 0.2) is 35.4 Å². The second-order valence-corrected chi connectivity index (χ2v) is 5.74. The van der Waals surface area contributed by atoms with E-state index in [0.717, 1.165) is 11.3 Å². The lowest BCUT2D eigenvalue weighted by atomic mass is 10.2. The molecule has 0 unspecified atom stereocenters. The number of nitrogens with zero attached hydrogens (tertiary/aromatic N) is 1. The van der Waals surface area contributed by atoms with Crippen molar-refractivity contribution in [3.8, 4) is 11.5 Å². The fourth-order valence-electron chi connectivity index (χ4n) is 1.87. The second-order valence-electron chi connectivity index (χ2n) is 4.66. The molecule has 0 fully saturated rings. The van der Waals surface area contributed by atoms with Gasteiger partial charge in [-0.15, -0.1) is 11.3 Å². The number of nitrogens with one attached hydrogen (secondary N) is 1. The van der Waals surface area contributed by atoms with Crippen molar-refractivity contribution in [3.63, 3.8) is 0 Å². The maximum atomic E-state index is 12.1. The van der Waals surface area contributed by atoms with Gasteiger partial charge in [0.15, 0.2) is 11.5 Å². The number of carboxylic acid groups (broad SMARTS) is 1. The predicted octanol–water partition coefficient (Wildman–Crippen LogP) is 1.28. The summed E-state index contributed by atoms with van der Waals surface area (Å²) in [5.74, 6) is -0.717. The number of benzene rings is 1. The third kappa shape index (κ3) is 3.90. The third-order valence-corrected chi connectivity index (χ3v) is 4.31. The van der Waals surface area contributed by atoms with Gasteiger partial charge in [-0.2, -0.15) is 5.10 Å². The van der Waals surface area contributed by atoms with Crippen LogP contribution in [0.4, 0.5) is 0 Å². The van der Waals surface area contributed by atoms with Crippen molar-refractivity contribution in [3.05, 3.63) is 45.6 Å². The molecule has 126 valence electrons. The van der Waals surface area contributed by atoms with E-state index < -0.39 is 11.9 Å². The average Bonchev–Trinajstić information content (AvgIpc) is 3.09. The Balaban J connectivity index is 2.12. The molecule has 7 nitrogen and oxygen atoms in total. The van der Waals surface area contributed by atoms with Crippen molar-refractivity contribution in [2.45, 2.75) is 6.92 Å². The summed E-state index contributed by atoms with van der Waals surface area (Å²) in [5, 5.41) is 14.8. The molecule has 8 heteroatoms. The van der Waals surface area contributed by atoms with Gasteiger partial charge in [0.1, 0.15) is 0 Å². The standard InChI is InChI=1S/C16H16N2O5S/c1-9(13-6-7-14(24-13)16(20)21)17-18-15(19)10-4-5-11(22-2)12(8-10)23-3/h4-8H,1-3H3,(H,18,19)(H,20,21)/p-1/b17-9-. The van der Waals surface area contributed by atoms with Gasteiger partial charge < -0.3 is 19.4 Å². The van der Waals surface area contributed by atoms with Crippen LogP contribution in [-0.4, -0.2) is 31.8 Å². The highest BCUT2D eigenvalue weighted by molar-refractivity contribution is 7.15. The Morgan fingerprint density at radius 3 is 2.33 bits per heavy atom. The van der Waals surface area contributed by atoms with Crippen LogP contribution in [0.3, 0.4) is 0 Å². The first-order valence-corrected chi connectivity index (χ1v) is 7.66. The van der Waals surface area contributed by atoms with Gasteiger partial charge in [0.2, 0.25) is 0 Å². The lowest BCUT2D eigenvalue weighted by molar-refractivity contribution is -0.254. The van der Waals surface area contributed by atoms with E-state index in [2.05, 4.69) is 10.5 Å². The summed E-state index contributed by atoms with van der Waals surface area (Å²) in [6.45, 7) is 1.67. The number of carboxylic acids is 1. The number of methoxy groups -OCH3 is 2.